The van der Waals surface area contributed by atoms with Crippen molar-refractivity contribution >= 4 is 15.9 Å². The Morgan fingerprint density at radius 1 is 1.39 bits per heavy atom. The Bertz CT molecular complexity index is 403. The maximum atomic E-state index is 3.70. The summed E-state index contributed by atoms with van der Waals surface area (Å²) in [5, 5.41) is 3.70. The van der Waals surface area contributed by atoms with Gasteiger partial charge in [-0.15, -0.1) is 0 Å². The van der Waals surface area contributed by atoms with Crippen molar-refractivity contribution in [1.29, 1.82) is 0 Å². The Morgan fingerprint density at radius 3 is 2.89 bits per heavy atom. The molecule has 1 aliphatic carbocycles. The Kier molecular flexibility index (Phi) is 4.82. The standard InChI is InChI=1S/C15H23BrN2/c1-11(18(2)3)10-17-15-7-5-12-8-14(16)6-4-13(12)9-15/h4,6,8,11,15,17H,5,7,9-10H2,1-3H3. The van der Waals surface area contributed by atoms with Crippen LogP contribution in [-0.2, 0) is 12.8 Å². The third-order valence-electron chi connectivity index (χ3n) is 3.98. The minimum atomic E-state index is 0.594. The summed E-state index contributed by atoms with van der Waals surface area (Å²) in [4.78, 5) is 2.26. The van der Waals surface area contributed by atoms with Crippen molar-refractivity contribution in [3.8, 4) is 0 Å². The fraction of sp³-hybridized carbons (Fsp3) is 0.600. The highest BCUT2D eigenvalue weighted by atomic mass is 79.9. The zero-order valence-corrected chi connectivity index (χ0v) is 13.1. The highest BCUT2D eigenvalue weighted by molar-refractivity contribution is 9.10. The number of aryl methyl sites for hydroxylation is 1. The molecule has 0 heterocycles. The third-order valence-corrected chi connectivity index (χ3v) is 4.47. The summed E-state index contributed by atoms with van der Waals surface area (Å²) >= 11 is 3.55. The molecule has 0 aliphatic heterocycles. The number of likely N-dealkylation sites (N-methyl/N-ethyl adjacent to an activating group) is 1. The SMILES string of the molecule is CC(CNC1CCc2cc(Br)ccc2C1)N(C)C. The monoisotopic (exact) mass is 310 g/mol. The second kappa shape index (κ2) is 6.18. The predicted octanol–water partition coefficient (Wildman–Crippen LogP) is 2.85. The smallest absolute Gasteiger partial charge is 0.0186 e. The van der Waals surface area contributed by atoms with Crippen molar-refractivity contribution in [2.75, 3.05) is 20.6 Å². The molecule has 1 aliphatic rings. The molecule has 1 N–H and O–H groups in total. The Labute approximate surface area is 119 Å². The van der Waals surface area contributed by atoms with Crippen LogP contribution in [0.4, 0.5) is 0 Å². The molecule has 0 saturated heterocycles. The van der Waals surface area contributed by atoms with E-state index in [0.29, 0.717) is 12.1 Å². The maximum absolute atomic E-state index is 3.70. The van der Waals surface area contributed by atoms with Crippen LogP contribution in [0.5, 0.6) is 0 Å². The largest absolute Gasteiger partial charge is 0.312 e. The van der Waals surface area contributed by atoms with Crippen molar-refractivity contribution < 1.29 is 0 Å². The van der Waals surface area contributed by atoms with Gasteiger partial charge >= 0.3 is 0 Å². The number of nitrogens with one attached hydrogen (secondary N) is 1. The topological polar surface area (TPSA) is 15.3 Å². The van der Waals surface area contributed by atoms with E-state index in [-0.39, 0.29) is 0 Å². The average molecular weight is 311 g/mol. The first-order valence-corrected chi connectivity index (χ1v) is 7.52. The quantitative estimate of drug-likeness (QED) is 0.920. The average Bonchev–Trinajstić information content (AvgIpc) is 2.35. The van der Waals surface area contributed by atoms with E-state index in [1.807, 2.05) is 0 Å². The number of rotatable bonds is 4. The summed E-state index contributed by atoms with van der Waals surface area (Å²) < 4.78 is 1.20. The molecule has 0 amide bonds. The molecular formula is C15H23BrN2. The molecule has 3 heteroatoms. The first-order chi connectivity index (χ1) is 8.56. The van der Waals surface area contributed by atoms with Crippen molar-refractivity contribution in [1.82, 2.24) is 10.2 Å². The number of nitrogens with zero attached hydrogens (tertiary/aromatic N) is 1. The van der Waals surface area contributed by atoms with E-state index in [9.17, 15) is 0 Å². The molecule has 2 nitrogen and oxygen atoms in total. The van der Waals surface area contributed by atoms with Gasteiger partial charge in [-0.2, -0.15) is 0 Å². The van der Waals surface area contributed by atoms with E-state index in [4.69, 9.17) is 0 Å². The lowest BCUT2D eigenvalue weighted by molar-refractivity contribution is 0.288. The molecule has 18 heavy (non-hydrogen) atoms. The van der Waals surface area contributed by atoms with Crippen LogP contribution in [0.25, 0.3) is 0 Å². The normalized spacial score (nSPS) is 20.8. The van der Waals surface area contributed by atoms with Gasteiger partial charge in [-0.1, -0.05) is 22.0 Å². The number of benzene rings is 1. The molecule has 2 atom stereocenters. The minimum Gasteiger partial charge on any atom is -0.312 e. The Hall–Kier alpha value is -0.380. The number of halogens is 1. The lowest BCUT2D eigenvalue weighted by atomic mass is 9.88. The zero-order valence-electron chi connectivity index (χ0n) is 11.5. The molecule has 0 saturated carbocycles. The second-order valence-electron chi connectivity index (χ2n) is 5.57. The van der Waals surface area contributed by atoms with Gasteiger partial charge in [-0.3, -0.25) is 0 Å². The highest BCUT2D eigenvalue weighted by Crippen LogP contribution is 2.24. The molecule has 100 valence electrons. The lowest BCUT2D eigenvalue weighted by Crippen LogP contribution is -2.42. The molecule has 1 aromatic rings. The fourth-order valence-electron chi connectivity index (χ4n) is 2.42. The Balaban J connectivity index is 1.90. The van der Waals surface area contributed by atoms with Crippen LogP contribution in [-0.4, -0.2) is 37.6 Å². The van der Waals surface area contributed by atoms with Gasteiger partial charge in [-0.25, -0.2) is 0 Å². The van der Waals surface area contributed by atoms with Crippen molar-refractivity contribution in [2.45, 2.75) is 38.3 Å². The maximum Gasteiger partial charge on any atom is 0.0186 e. The highest BCUT2D eigenvalue weighted by Gasteiger charge is 2.19. The van der Waals surface area contributed by atoms with Crippen molar-refractivity contribution in [3.05, 3.63) is 33.8 Å². The molecule has 0 spiro atoms. The van der Waals surface area contributed by atoms with E-state index in [0.717, 1.165) is 6.54 Å². The first kappa shape index (κ1) is 14.0. The van der Waals surface area contributed by atoms with E-state index in [1.165, 1.54) is 34.9 Å². The number of fused-ring (bicyclic) bond motifs is 1. The van der Waals surface area contributed by atoms with Crippen LogP contribution < -0.4 is 5.32 Å². The molecule has 0 radical (unpaired) electrons. The van der Waals surface area contributed by atoms with E-state index in [2.05, 4.69) is 65.4 Å². The number of hydrogen-bond acceptors (Lipinski definition) is 2. The van der Waals surface area contributed by atoms with E-state index in [1.54, 1.807) is 0 Å². The van der Waals surface area contributed by atoms with Crippen LogP contribution in [0, 0.1) is 0 Å². The summed E-state index contributed by atoms with van der Waals surface area (Å²) in [6.07, 6.45) is 3.62. The van der Waals surface area contributed by atoms with Crippen molar-refractivity contribution in [2.24, 2.45) is 0 Å². The van der Waals surface area contributed by atoms with Crippen LogP contribution in [0.2, 0.25) is 0 Å². The van der Waals surface area contributed by atoms with Gasteiger partial charge < -0.3 is 10.2 Å². The van der Waals surface area contributed by atoms with Gasteiger partial charge in [0.05, 0.1) is 0 Å². The molecule has 0 bridgehead atoms. The van der Waals surface area contributed by atoms with Gasteiger partial charge in [0, 0.05) is 23.1 Å². The van der Waals surface area contributed by atoms with Crippen LogP contribution >= 0.6 is 15.9 Å². The van der Waals surface area contributed by atoms with Gasteiger partial charge in [0.15, 0.2) is 0 Å². The third kappa shape index (κ3) is 3.56. The lowest BCUT2D eigenvalue weighted by Gasteiger charge is -2.28. The fourth-order valence-corrected chi connectivity index (χ4v) is 2.83. The molecular weight excluding hydrogens is 288 g/mol. The van der Waals surface area contributed by atoms with E-state index < -0.39 is 0 Å². The summed E-state index contributed by atoms with van der Waals surface area (Å²) in [6, 6.07) is 7.93. The van der Waals surface area contributed by atoms with E-state index >= 15 is 0 Å². The molecule has 0 fully saturated rings. The summed E-state index contributed by atoms with van der Waals surface area (Å²) in [5.41, 5.74) is 3.03. The predicted molar refractivity (Wildman–Crippen MR) is 81.1 cm³/mol. The van der Waals surface area contributed by atoms with Crippen molar-refractivity contribution in [3.63, 3.8) is 0 Å². The second-order valence-corrected chi connectivity index (χ2v) is 6.49. The van der Waals surface area contributed by atoms with Gasteiger partial charge in [-0.05, 0) is 63.5 Å². The first-order valence-electron chi connectivity index (χ1n) is 6.73. The van der Waals surface area contributed by atoms with Gasteiger partial charge in [0.25, 0.3) is 0 Å². The molecule has 2 rings (SSSR count). The summed E-state index contributed by atoms with van der Waals surface area (Å²) in [7, 11) is 4.28. The molecule has 1 aromatic carbocycles. The van der Waals surface area contributed by atoms with Gasteiger partial charge in [0.1, 0.15) is 0 Å². The molecule has 0 aromatic heterocycles. The minimum absolute atomic E-state index is 0.594. The van der Waals surface area contributed by atoms with Crippen LogP contribution in [0.3, 0.4) is 0 Å². The summed E-state index contributed by atoms with van der Waals surface area (Å²) in [6.45, 7) is 3.34. The number of hydrogen-bond donors (Lipinski definition) is 1. The Morgan fingerprint density at radius 2 is 2.17 bits per heavy atom. The zero-order chi connectivity index (χ0) is 13.1. The van der Waals surface area contributed by atoms with Gasteiger partial charge in [0.2, 0.25) is 0 Å². The van der Waals surface area contributed by atoms with Crippen LogP contribution in [0.15, 0.2) is 22.7 Å². The van der Waals surface area contributed by atoms with Crippen LogP contribution in [0.1, 0.15) is 24.5 Å². The summed E-state index contributed by atoms with van der Waals surface area (Å²) in [5.74, 6) is 0. The molecule has 2 unspecified atom stereocenters.